The van der Waals surface area contributed by atoms with E-state index in [-0.39, 0.29) is 17.9 Å². The molecule has 2 amide bonds. The first-order valence-electron chi connectivity index (χ1n) is 9.82. The molecule has 4 rings (SSSR count). The minimum atomic E-state index is -0.663. The van der Waals surface area contributed by atoms with Gasteiger partial charge in [0, 0.05) is 27.2 Å². The minimum absolute atomic E-state index is 0.0172. The Morgan fingerprint density at radius 3 is 2.86 bits per heavy atom. The van der Waals surface area contributed by atoms with Gasteiger partial charge in [-0.05, 0) is 30.5 Å². The Morgan fingerprint density at radius 1 is 1.36 bits per heavy atom. The normalized spacial score (nSPS) is 30.2. The molecule has 0 aromatic heterocycles. The van der Waals surface area contributed by atoms with Crippen molar-refractivity contribution in [1.29, 1.82) is 0 Å². The molecule has 3 aliphatic rings. The van der Waals surface area contributed by atoms with E-state index in [0.29, 0.717) is 26.2 Å². The van der Waals surface area contributed by atoms with Crippen LogP contribution >= 0.6 is 0 Å². The van der Waals surface area contributed by atoms with Gasteiger partial charge in [-0.25, -0.2) is 0 Å². The zero-order valence-electron chi connectivity index (χ0n) is 17.0. The van der Waals surface area contributed by atoms with Crippen molar-refractivity contribution in [3.05, 3.63) is 47.0 Å². The lowest BCUT2D eigenvalue weighted by atomic mass is 9.76. The summed E-state index contributed by atoms with van der Waals surface area (Å²) in [6, 6.07) is 6.28. The molecule has 6 heteroatoms. The van der Waals surface area contributed by atoms with E-state index in [1.165, 1.54) is 11.1 Å². The summed E-state index contributed by atoms with van der Waals surface area (Å²) < 4.78 is 11.3. The number of fused-ring (bicyclic) bond motifs is 1. The van der Waals surface area contributed by atoms with Crippen LogP contribution in [0.5, 0.6) is 0 Å². The van der Waals surface area contributed by atoms with Gasteiger partial charge in [-0.2, -0.15) is 0 Å². The number of likely N-dealkylation sites (N-methyl/N-ethyl adjacent to an activating group) is 1. The Labute approximate surface area is 166 Å². The van der Waals surface area contributed by atoms with Crippen molar-refractivity contribution in [2.24, 2.45) is 11.8 Å². The maximum absolute atomic E-state index is 13.3. The van der Waals surface area contributed by atoms with Crippen molar-refractivity contribution in [3.63, 3.8) is 0 Å². The van der Waals surface area contributed by atoms with Crippen LogP contribution in [-0.2, 0) is 25.6 Å². The van der Waals surface area contributed by atoms with Gasteiger partial charge in [0.1, 0.15) is 5.60 Å². The second-order valence-electron chi connectivity index (χ2n) is 8.27. The number of carbonyl (C=O) groups is 2. The molecular weight excluding hydrogens is 356 g/mol. The lowest BCUT2D eigenvalue weighted by Crippen LogP contribution is -2.45. The van der Waals surface area contributed by atoms with Gasteiger partial charge < -0.3 is 19.3 Å². The zero-order chi connectivity index (χ0) is 20.1. The summed E-state index contributed by atoms with van der Waals surface area (Å²) in [7, 11) is 3.37. The number of carbonyl (C=O) groups excluding carboxylic acids is 2. The van der Waals surface area contributed by atoms with Crippen molar-refractivity contribution in [1.82, 2.24) is 9.80 Å². The van der Waals surface area contributed by atoms with Crippen LogP contribution in [0, 0.1) is 25.7 Å². The quantitative estimate of drug-likeness (QED) is 0.701. The van der Waals surface area contributed by atoms with Gasteiger partial charge in [0.05, 0.1) is 31.1 Å². The molecule has 1 spiro atoms. The topological polar surface area (TPSA) is 59.1 Å². The van der Waals surface area contributed by atoms with E-state index in [2.05, 4.69) is 32.0 Å². The van der Waals surface area contributed by atoms with E-state index in [9.17, 15) is 9.59 Å². The highest BCUT2D eigenvalue weighted by Crippen LogP contribution is 2.52. The third-order valence-corrected chi connectivity index (χ3v) is 6.42. The van der Waals surface area contributed by atoms with Gasteiger partial charge in [-0.3, -0.25) is 9.59 Å². The van der Waals surface area contributed by atoms with Crippen LogP contribution in [0.4, 0.5) is 0 Å². The highest BCUT2D eigenvalue weighted by Gasteiger charge is 2.67. The van der Waals surface area contributed by atoms with Crippen LogP contribution in [0.15, 0.2) is 30.4 Å². The van der Waals surface area contributed by atoms with Gasteiger partial charge in [-0.1, -0.05) is 30.4 Å². The zero-order valence-corrected chi connectivity index (χ0v) is 17.0. The second-order valence-corrected chi connectivity index (χ2v) is 8.27. The second kappa shape index (κ2) is 7.01. The van der Waals surface area contributed by atoms with Crippen molar-refractivity contribution >= 4 is 11.8 Å². The van der Waals surface area contributed by atoms with Crippen LogP contribution < -0.4 is 0 Å². The Hall–Kier alpha value is -2.18. The molecule has 1 aromatic carbocycles. The fourth-order valence-electron chi connectivity index (χ4n) is 4.71. The van der Waals surface area contributed by atoms with Crippen LogP contribution in [0.25, 0.3) is 0 Å². The highest BCUT2D eigenvalue weighted by atomic mass is 16.5. The third-order valence-electron chi connectivity index (χ3n) is 6.42. The van der Waals surface area contributed by atoms with E-state index in [0.717, 1.165) is 5.56 Å². The Bertz CT molecular complexity index is 836. The maximum Gasteiger partial charge on any atom is 0.230 e. The van der Waals surface area contributed by atoms with Crippen LogP contribution in [0.3, 0.4) is 0 Å². The summed E-state index contributed by atoms with van der Waals surface area (Å²) in [4.78, 5) is 29.8. The first-order valence-corrected chi connectivity index (χ1v) is 9.82. The lowest BCUT2D eigenvalue weighted by Gasteiger charge is -2.27. The molecule has 0 saturated carbocycles. The largest absolute Gasteiger partial charge is 0.383 e. The van der Waals surface area contributed by atoms with Gasteiger partial charge in [-0.15, -0.1) is 0 Å². The number of hydrogen-bond donors (Lipinski definition) is 0. The van der Waals surface area contributed by atoms with Crippen molar-refractivity contribution in [2.45, 2.75) is 32.1 Å². The van der Waals surface area contributed by atoms with Gasteiger partial charge in [0.25, 0.3) is 0 Å². The first kappa shape index (κ1) is 19.2. The number of aryl methyl sites for hydroxylation is 2. The summed E-state index contributed by atoms with van der Waals surface area (Å²) >= 11 is 0. The summed E-state index contributed by atoms with van der Waals surface area (Å²) in [6.07, 6.45) is 3.64. The molecule has 0 aliphatic carbocycles. The predicted octanol–water partition coefficient (Wildman–Crippen LogP) is 1.69. The molecule has 6 nitrogen and oxygen atoms in total. The molecule has 3 heterocycles. The number of amides is 2. The summed E-state index contributed by atoms with van der Waals surface area (Å²) in [5, 5.41) is 0. The molecule has 0 N–H and O–H groups in total. The van der Waals surface area contributed by atoms with Crippen molar-refractivity contribution in [2.75, 3.05) is 33.9 Å². The molecule has 1 aromatic rings. The van der Waals surface area contributed by atoms with Crippen LogP contribution in [0.2, 0.25) is 0 Å². The average molecular weight is 384 g/mol. The summed E-state index contributed by atoms with van der Waals surface area (Å²) in [5.74, 6) is -0.918. The Kier molecular flexibility index (Phi) is 4.79. The monoisotopic (exact) mass is 384 g/mol. The van der Waals surface area contributed by atoms with E-state index in [4.69, 9.17) is 9.47 Å². The third kappa shape index (κ3) is 2.95. The molecule has 2 unspecified atom stereocenters. The lowest BCUT2D eigenvalue weighted by molar-refractivity contribution is -0.142. The number of ether oxygens (including phenoxy) is 2. The summed E-state index contributed by atoms with van der Waals surface area (Å²) in [5.41, 5.74) is 2.89. The van der Waals surface area contributed by atoms with E-state index in [1.54, 1.807) is 19.1 Å². The van der Waals surface area contributed by atoms with Gasteiger partial charge in [0.2, 0.25) is 11.8 Å². The number of hydrogen-bond acceptors (Lipinski definition) is 4. The maximum atomic E-state index is 13.3. The Morgan fingerprint density at radius 2 is 2.14 bits per heavy atom. The highest BCUT2D eigenvalue weighted by molar-refractivity contribution is 5.93. The number of rotatable bonds is 6. The van der Waals surface area contributed by atoms with Crippen molar-refractivity contribution in [3.8, 4) is 0 Å². The molecule has 3 aliphatic heterocycles. The fourth-order valence-corrected chi connectivity index (χ4v) is 4.71. The average Bonchev–Trinajstić information content (AvgIpc) is 3.30. The number of likely N-dealkylation sites (tertiary alicyclic amines) is 1. The minimum Gasteiger partial charge on any atom is -0.383 e. The Balaban J connectivity index is 1.54. The fraction of sp³-hybridized carbons (Fsp3) is 0.545. The molecular formula is C22H28N2O4. The molecule has 2 fully saturated rings. The SMILES string of the molecule is COCCN(C)C(=O)C1C2C(=O)N(Cc3ccc(C)c(C)c3)C[C@]23C=C[C@H]1O3. The molecule has 28 heavy (non-hydrogen) atoms. The number of methoxy groups -OCH3 is 1. The first-order chi connectivity index (χ1) is 13.4. The predicted molar refractivity (Wildman–Crippen MR) is 105 cm³/mol. The number of benzene rings is 1. The van der Waals surface area contributed by atoms with Crippen molar-refractivity contribution < 1.29 is 19.1 Å². The van der Waals surface area contributed by atoms with E-state index >= 15 is 0 Å². The van der Waals surface area contributed by atoms with Gasteiger partial charge in [0.15, 0.2) is 0 Å². The summed E-state index contributed by atoms with van der Waals surface area (Å²) in [6.45, 7) is 6.18. The molecule has 4 atom stereocenters. The molecule has 0 radical (unpaired) electrons. The molecule has 2 bridgehead atoms. The van der Waals surface area contributed by atoms with Crippen LogP contribution in [-0.4, -0.2) is 67.2 Å². The standard InChI is InChI=1S/C22H28N2O4/c1-14-5-6-16(11-15(14)2)12-24-13-22-8-7-17(28-22)18(19(22)21(24)26)20(25)23(3)9-10-27-4/h5-8,11,17-19H,9-10,12-13H2,1-4H3/t17-,18?,19?,22-/m1/s1. The number of nitrogens with zero attached hydrogens (tertiary/aromatic N) is 2. The molecule has 150 valence electrons. The van der Waals surface area contributed by atoms with E-state index < -0.39 is 17.4 Å². The van der Waals surface area contributed by atoms with E-state index in [1.807, 2.05) is 17.1 Å². The molecule has 2 saturated heterocycles. The van der Waals surface area contributed by atoms with Crippen LogP contribution in [0.1, 0.15) is 16.7 Å². The smallest absolute Gasteiger partial charge is 0.230 e. The van der Waals surface area contributed by atoms with Gasteiger partial charge >= 0.3 is 0 Å².